The zero-order chi connectivity index (χ0) is 21.5. The number of hydrogen-bond acceptors (Lipinski definition) is 18. The van der Waals surface area contributed by atoms with E-state index in [-0.39, 0.29) is 101 Å². The van der Waals surface area contributed by atoms with Crippen LogP contribution in [0.1, 0.15) is 0 Å². The molecule has 28 heteroatoms. The molecule has 0 fully saturated rings. The Kier molecular flexibility index (Phi) is 135. The van der Waals surface area contributed by atoms with E-state index in [0.29, 0.717) is 0 Å². The molecule has 0 N–H and O–H groups in total. The summed E-state index contributed by atoms with van der Waals surface area (Å²) in [7, 11) is 0. The zero-order valence-electron chi connectivity index (χ0n) is 12.5. The minimum Gasteiger partial charge on any atom is 2.00 e. The molecule has 18 nitrogen and oxygen atoms in total. The van der Waals surface area contributed by atoms with Gasteiger partial charge in [0.25, 0.3) is 0 Å². The third-order valence-electron chi connectivity index (χ3n) is 0. The van der Waals surface area contributed by atoms with Gasteiger partial charge in [-0.1, -0.05) is 0 Å². The van der Waals surface area contributed by atoms with Crippen molar-refractivity contribution >= 4 is 81.9 Å². The molecule has 0 amide bonds. The quantitative estimate of drug-likeness (QED) is 0.203. The van der Waals surface area contributed by atoms with Crippen molar-refractivity contribution in [1.82, 2.24) is 0 Å². The fraction of sp³-hybridized carbons (Fsp3) is 0. The van der Waals surface area contributed by atoms with Crippen molar-refractivity contribution in [3.05, 3.63) is 0 Å². The van der Waals surface area contributed by atoms with E-state index in [1.54, 1.807) is 0 Å². The van der Waals surface area contributed by atoms with Gasteiger partial charge in [-0.25, -0.2) is 0 Å². The zero-order valence-corrected chi connectivity index (χ0v) is 39.5. The van der Waals surface area contributed by atoms with Crippen LogP contribution in [0.4, 0.5) is 0 Å². The summed E-state index contributed by atoms with van der Waals surface area (Å²) in [5.74, 6) is 0. The van der Waals surface area contributed by atoms with Crippen LogP contribution in [0.2, 0.25) is 0 Å². The van der Waals surface area contributed by atoms with Gasteiger partial charge in [0.15, 0.2) is 0 Å². The van der Waals surface area contributed by atoms with Gasteiger partial charge in [0.1, 0.15) is 0 Å². The Labute approximate surface area is 274 Å². The van der Waals surface area contributed by atoms with E-state index in [1.165, 1.54) is 0 Å². The van der Waals surface area contributed by atoms with Crippen LogP contribution in [0.25, 0.3) is 0 Å². The number of rotatable bonds is 0. The van der Waals surface area contributed by atoms with Gasteiger partial charge in [0, 0.05) is 0 Å². The summed E-state index contributed by atoms with van der Waals surface area (Å²) in [6.07, 6.45) is 0. The van der Waals surface area contributed by atoms with Crippen molar-refractivity contribution in [1.29, 1.82) is 0 Å². The normalized spacial score (nSPS) is 5.50. The van der Waals surface area contributed by atoms with Crippen LogP contribution in [-0.2, 0) is 165 Å². The van der Waals surface area contributed by atoms with E-state index < -0.39 is 120 Å². The first-order chi connectivity index (χ1) is 10.4. The predicted octanol–water partition coefficient (Wildman–Crippen LogP) is -14.0. The molecule has 0 rings (SSSR count). The summed E-state index contributed by atoms with van der Waals surface area (Å²) in [5.41, 5.74) is 0. The first-order valence-corrected chi connectivity index (χ1v) is 18.8. The molecule has 0 saturated heterocycles. The molecule has 0 atom stereocenters. The average molecular weight is 1440 g/mol. The molecule has 0 spiro atoms. The molecule has 28 heavy (non-hydrogen) atoms. The maximum atomic E-state index is 8.61. The SMILES string of the molecule is [O]=[Nb](=[O])[O-].[O]=[Nb](=[O])[O-].[O]=[Ti]([O-])[O-].[O]=[Ti]([O-])[O-].[O]=[Zr]([O-])[O-].[O]=[Zr]([O-])[O-].[Pb+2].[Pb+2].[Pb+2].[Zn+2]. The summed E-state index contributed by atoms with van der Waals surface area (Å²) in [6, 6.07) is 0. The molecule has 0 aliphatic rings. The third kappa shape index (κ3) is 841. The minimum absolute atomic E-state index is 0. The summed E-state index contributed by atoms with van der Waals surface area (Å²) in [6.45, 7) is 0. The Morgan fingerprint density at radius 2 is 0.571 bits per heavy atom. The van der Waals surface area contributed by atoms with Crippen molar-refractivity contribution in [3.8, 4) is 0 Å². The summed E-state index contributed by atoms with van der Waals surface area (Å²) < 4.78 is 155. The molecule has 6 radical (unpaired) electrons. The van der Waals surface area contributed by atoms with Crippen LogP contribution < -0.4 is 34.7 Å². The molecule has 0 aromatic carbocycles. The molecule has 0 heterocycles. The van der Waals surface area contributed by atoms with Gasteiger partial charge in [-0.2, -0.15) is 0 Å². The maximum Gasteiger partial charge on any atom is 2.00 e. The van der Waals surface area contributed by atoms with Gasteiger partial charge >= 0.3 is 281 Å². The Hall–Kier alpha value is 6.06. The van der Waals surface area contributed by atoms with Crippen LogP contribution in [0.15, 0.2) is 0 Å². The molecule has 150 valence electrons. The first kappa shape index (κ1) is 64.3. The monoisotopic (exact) mass is 1440 g/mol. The maximum absolute atomic E-state index is 8.61. The third-order valence-corrected chi connectivity index (χ3v) is 0. The Bertz CT molecular complexity index is 393. The molecule has 0 saturated carbocycles. The van der Waals surface area contributed by atoms with Crippen molar-refractivity contribution in [3.63, 3.8) is 0 Å². The molecule has 0 bridgehead atoms. The van der Waals surface area contributed by atoms with Crippen molar-refractivity contribution in [2.24, 2.45) is 0 Å². The number of hydrogen-bond donors (Lipinski definition) is 0. The Morgan fingerprint density at radius 3 is 0.571 bits per heavy atom. The van der Waals surface area contributed by atoms with Crippen molar-refractivity contribution in [2.45, 2.75) is 0 Å². The van der Waals surface area contributed by atoms with Gasteiger partial charge in [0.05, 0.1) is 0 Å². The molecule has 0 aromatic heterocycles. The van der Waals surface area contributed by atoms with Crippen LogP contribution in [0, 0.1) is 0 Å². The fourth-order valence-corrected chi connectivity index (χ4v) is 0. The standard InChI is InChI=1S/2Nb.18O.3Pb.2Ti.Zn.2Zr/q;;;;;;;;;;10*-1;3*+2;;;+2;;. The van der Waals surface area contributed by atoms with Gasteiger partial charge in [-0.3, -0.25) is 0 Å². The first-order valence-electron chi connectivity index (χ1n) is 3.54. The molecule has 0 unspecified atom stereocenters. The summed E-state index contributed by atoms with van der Waals surface area (Å²) in [4.78, 5) is 0. The Balaban J connectivity index is -0.0000000169. The van der Waals surface area contributed by atoms with Crippen molar-refractivity contribution in [2.75, 3.05) is 0 Å². The fourth-order valence-electron chi connectivity index (χ4n) is 0. The minimum atomic E-state index is -4.29. The molecule has 0 aromatic rings. The molecule has 0 aliphatic heterocycles. The van der Waals surface area contributed by atoms with E-state index in [0.717, 1.165) is 0 Å². The Morgan fingerprint density at radius 1 is 0.571 bits per heavy atom. The van der Waals surface area contributed by atoms with Gasteiger partial charge < -0.3 is 0 Å². The molecule has 0 aliphatic carbocycles. The van der Waals surface area contributed by atoms with E-state index >= 15 is 0 Å². The van der Waals surface area contributed by atoms with Crippen LogP contribution in [0.3, 0.4) is 0 Å². The predicted molar refractivity (Wildman–Crippen MR) is 22.8 cm³/mol. The second-order valence-corrected chi connectivity index (χ2v) is 7.67. The topological polar surface area (TPSA) is 367 Å². The van der Waals surface area contributed by atoms with Gasteiger partial charge in [-0.05, 0) is 0 Å². The second kappa shape index (κ2) is 58.7. The summed E-state index contributed by atoms with van der Waals surface area (Å²) in [5, 5.41) is 0. The largest absolute Gasteiger partial charge is 2.00 e. The van der Waals surface area contributed by atoms with Gasteiger partial charge in [0.2, 0.25) is 0 Å². The van der Waals surface area contributed by atoms with Crippen molar-refractivity contribution < 1.29 is 200 Å². The van der Waals surface area contributed by atoms with Crippen LogP contribution >= 0.6 is 0 Å². The average Bonchev–Trinajstić information content (AvgIpc) is 2.08. The summed E-state index contributed by atoms with van der Waals surface area (Å²) >= 11 is -25.2. The van der Waals surface area contributed by atoms with Gasteiger partial charge in [-0.15, -0.1) is 0 Å². The van der Waals surface area contributed by atoms with Crippen LogP contribution in [-0.4, -0.2) is 81.9 Å². The second-order valence-electron chi connectivity index (χ2n) is 1.45. The molecular weight excluding hydrogens is 1440 g/mol. The van der Waals surface area contributed by atoms with E-state index in [4.69, 9.17) is 60.0 Å². The van der Waals surface area contributed by atoms with E-state index in [9.17, 15) is 0 Å². The van der Waals surface area contributed by atoms with Crippen LogP contribution in [0.5, 0.6) is 0 Å². The van der Waals surface area contributed by atoms with E-state index in [2.05, 4.69) is 0 Å². The smallest absolute Gasteiger partial charge is 2.00 e. The molecular formula is Nb2O18Pb3Ti2ZnZr2-2. The van der Waals surface area contributed by atoms with E-state index in [1.807, 2.05) is 0 Å².